The van der Waals surface area contributed by atoms with Gasteiger partial charge in [-0.15, -0.1) is 0 Å². The molecular weight excluding hydrogens is 278 g/mol. The molecule has 0 saturated carbocycles. The molecule has 1 spiro atoms. The first-order chi connectivity index (χ1) is 10.5. The molecule has 3 heterocycles. The summed E-state index contributed by atoms with van der Waals surface area (Å²) in [6.07, 6.45) is 3.37. The molecule has 22 heavy (non-hydrogen) atoms. The number of guanidine groups is 1. The predicted octanol–water partition coefficient (Wildman–Crippen LogP) is 0.772. The van der Waals surface area contributed by atoms with E-state index >= 15 is 0 Å². The topological polar surface area (TPSA) is 60.8 Å². The lowest BCUT2D eigenvalue weighted by atomic mass is 9.88. The lowest BCUT2D eigenvalue weighted by Crippen LogP contribution is -2.49. The number of carbonyl (C=O) groups excluding carboxylic acids is 1. The monoisotopic (exact) mass is 301 g/mol. The van der Waals surface area contributed by atoms with Gasteiger partial charge >= 0.3 is 0 Å². The second-order valence-electron chi connectivity index (χ2n) is 6.36. The van der Waals surface area contributed by atoms with Gasteiger partial charge in [0.05, 0.1) is 5.69 Å². The summed E-state index contributed by atoms with van der Waals surface area (Å²) in [5.74, 6) is 0.726. The average molecular weight is 301 g/mol. The minimum absolute atomic E-state index is 0.0462. The van der Waals surface area contributed by atoms with E-state index in [1.165, 1.54) is 5.56 Å². The van der Waals surface area contributed by atoms with E-state index in [9.17, 15) is 4.79 Å². The third kappa shape index (κ3) is 2.70. The lowest BCUT2D eigenvalue weighted by Gasteiger charge is -2.35. The number of nitrogens with one attached hydrogen (secondary N) is 1. The number of rotatable bonds is 2. The highest BCUT2D eigenvalue weighted by atomic mass is 16.2. The Balaban J connectivity index is 1.66. The molecule has 3 rings (SSSR count). The molecule has 0 aliphatic carbocycles. The van der Waals surface area contributed by atoms with Crippen molar-refractivity contribution in [3.8, 4) is 0 Å². The summed E-state index contributed by atoms with van der Waals surface area (Å²) in [4.78, 5) is 25.6. The molecule has 1 saturated heterocycles. The number of aliphatic imine (C=N–C) groups is 1. The van der Waals surface area contributed by atoms with Gasteiger partial charge in [-0.1, -0.05) is 6.07 Å². The van der Waals surface area contributed by atoms with Crippen molar-refractivity contribution in [2.24, 2.45) is 4.99 Å². The standard InChI is InChI=1S/C16H23N5O/c1-12-5-4-8-17-13(12)11-21-9-6-16(7-10-21)14(22)18-15(19-16)20(2)3/h4-5,8H,6-7,9-11H2,1-3H3,(H,18,19,22). The van der Waals surface area contributed by atoms with Gasteiger partial charge in [0, 0.05) is 39.9 Å². The Hall–Kier alpha value is -1.95. The number of hydrogen-bond donors (Lipinski definition) is 1. The van der Waals surface area contributed by atoms with Gasteiger partial charge in [-0.25, -0.2) is 4.99 Å². The van der Waals surface area contributed by atoms with Crippen molar-refractivity contribution < 1.29 is 4.79 Å². The number of amides is 1. The maximum atomic E-state index is 12.3. The van der Waals surface area contributed by atoms with Crippen LogP contribution in [0.2, 0.25) is 0 Å². The van der Waals surface area contributed by atoms with Crippen LogP contribution in [0.25, 0.3) is 0 Å². The summed E-state index contributed by atoms with van der Waals surface area (Å²) in [6.45, 7) is 4.67. The first kappa shape index (κ1) is 15.0. The molecule has 6 nitrogen and oxygen atoms in total. The molecule has 1 N–H and O–H groups in total. The van der Waals surface area contributed by atoms with Crippen LogP contribution in [0.5, 0.6) is 0 Å². The molecule has 0 radical (unpaired) electrons. The van der Waals surface area contributed by atoms with Crippen LogP contribution in [0.4, 0.5) is 0 Å². The molecule has 1 amide bonds. The van der Waals surface area contributed by atoms with Crippen molar-refractivity contribution in [2.75, 3.05) is 27.2 Å². The molecule has 2 aliphatic heterocycles. The third-order valence-electron chi connectivity index (χ3n) is 4.57. The average Bonchev–Trinajstić information content (AvgIpc) is 2.81. The minimum atomic E-state index is -0.560. The van der Waals surface area contributed by atoms with Crippen LogP contribution < -0.4 is 5.32 Å². The highest BCUT2D eigenvalue weighted by Crippen LogP contribution is 2.30. The fraction of sp³-hybridized carbons (Fsp3) is 0.562. The minimum Gasteiger partial charge on any atom is -0.349 e. The Labute approximate surface area is 131 Å². The van der Waals surface area contributed by atoms with Crippen LogP contribution in [0.15, 0.2) is 23.3 Å². The van der Waals surface area contributed by atoms with E-state index in [-0.39, 0.29) is 5.91 Å². The van der Waals surface area contributed by atoms with Crippen LogP contribution in [0.3, 0.4) is 0 Å². The predicted molar refractivity (Wildman–Crippen MR) is 85.5 cm³/mol. The number of aromatic nitrogens is 1. The van der Waals surface area contributed by atoms with Crippen LogP contribution in [0.1, 0.15) is 24.1 Å². The molecule has 1 fully saturated rings. The Morgan fingerprint density at radius 1 is 1.36 bits per heavy atom. The zero-order chi connectivity index (χ0) is 15.7. The van der Waals surface area contributed by atoms with Gasteiger partial charge in [-0.2, -0.15) is 0 Å². The SMILES string of the molecule is Cc1cccnc1CN1CCC2(CC1)N=C(N(C)C)NC2=O. The fourth-order valence-electron chi connectivity index (χ4n) is 3.03. The van der Waals surface area contributed by atoms with Crippen molar-refractivity contribution in [3.05, 3.63) is 29.6 Å². The number of likely N-dealkylation sites (tertiary alicyclic amines) is 1. The van der Waals surface area contributed by atoms with Crippen LogP contribution >= 0.6 is 0 Å². The van der Waals surface area contributed by atoms with Crippen LogP contribution in [-0.4, -0.2) is 59.4 Å². The zero-order valence-electron chi connectivity index (χ0n) is 13.5. The van der Waals surface area contributed by atoms with E-state index < -0.39 is 5.54 Å². The highest BCUT2D eigenvalue weighted by molar-refractivity contribution is 6.07. The van der Waals surface area contributed by atoms with Gasteiger partial charge in [0.1, 0.15) is 5.54 Å². The van der Waals surface area contributed by atoms with Gasteiger partial charge in [-0.3, -0.25) is 20.0 Å². The number of carbonyl (C=O) groups is 1. The molecule has 0 bridgehead atoms. The van der Waals surface area contributed by atoms with Crippen molar-refractivity contribution in [1.29, 1.82) is 0 Å². The van der Waals surface area contributed by atoms with E-state index in [2.05, 4.69) is 33.2 Å². The molecule has 6 heteroatoms. The molecule has 118 valence electrons. The molecule has 0 aromatic carbocycles. The van der Waals surface area contributed by atoms with Gasteiger partial charge < -0.3 is 4.90 Å². The summed E-state index contributed by atoms with van der Waals surface area (Å²) in [5, 5.41) is 2.89. The van der Waals surface area contributed by atoms with Crippen molar-refractivity contribution >= 4 is 11.9 Å². The normalized spacial score (nSPS) is 20.9. The lowest BCUT2D eigenvalue weighted by molar-refractivity contribution is -0.125. The number of aryl methyl sites for hydroxylation is 1. The third-order valence-corrected chi connectivity index (χ3v) is 4.57. The number of pyridine rings is 1. The summed E-state index contributed by atoms with van der Waals surface area (Å²) < 4.78 is 0. The summed E-state index contributed by atoms with van der Waals surface area (Å²) in [5.41, 5.74) is 1.77. The number of piperidine rings is 1. The van der Waals surface area contributed by atoms with Crippen molar-refractivity contribution in [1.82, 2.24) is 20.1 Å². The van der Waals surface area contributed by atoms with E-state index in [4.69, 9.17) is 0 Å². The Morgan fingerprint density at radius 3 is 2.68 bits per heavy atom. The summed E-state index contributed by atoms with van der Waals surface area (Å²) in [6, 6.07) is 4.05. The zero-order valence-corrected chi connectivity index (χ0v) is 13.5. The summed E-state index contributed by atoms with van der Waals surface area (Å²) in [7, 11) is 3.80. The summed E-state index contributed by atoms with van der Waals surface area (Å²) >= 11 is 0. The van der Waals surface area contributed by atoms with E-state index in [0.717, 1.165) is 38.2 Å². The Bertz CT molecular complexity index is 602. The second-order valence-corrected chi connectivity index (χ2v) is 6.36. The second kappa shape index (κ2) is 5.68. The highest BCUT2D eigenvalue weighted by Gasteiger charge is 2.46. The molecular formula is C16H23N5O. The number of hydrogen-bond acceptors (Lipinski definition) is 5. The fourth-order valence-corrected chi connectivity index (χ4v) is 3.03. The Kier molecular flexibility index (Phi) is 3.87. The van der Waals surface area contributed by atoms with Crippen LogP contribution in [0, 0.1) is 6.92 Å². The molecule has 1 aromatic heterocycles. The van der Waals surface area contributed by atoms with E-state index in [1.54, 1.807) is 0 Å². The molecule has 0 unspecified atom stereocenters. The molecule has 2 aliphatic rings. The van der Waals surface area contributed by atoms with E-state index in [1.807, 2.05) is 31.3 Å². The van der Waals surface area contributed by atoms with Gasteiger partial charge in [0.15, 0.2) is 0 Å². The van der Waals surface area contributed by atoms with Gasteiger partial charge in [-0.05, 0) is 31.4 Å². The quantitative estimate of drug-likeness (QED) is 0.876. The first-order valence-electron chi connectivity index (χ1n) is 7.72. The van der Waals surface area contributed by atoms with Crippen molar-refractivity contribution in [2.45, 2.75) is 31.8 Å². The molecule has 1 aromatic rings. The first-order valence-corrected chi connectivity index (χ1v) is 7.72. The van der Waals surface area contributed by atoms with Crippen molar-refractivity contribution in [3.63, 3.8) is 0 Å². The van der Waals surface area contributed by atoms with Gasteiger partial charge in [0.2, 0.25) is 5.96 Å². The van der Waals surface area contributed by atoms with Crippen LogP contribution in [-0.2, 0) is 11.3 Å². The smallest absolute Gasteiger partial charge is 0.254 e. The van der Waals surface area contributed by atoms with E-state index in [0.29, 0.717) is 5.96 Å². The Morgan fingerprint density at radius 2 is 2.09 bits per heavy atom. The largest absolute Gasteiger partial charge is 0.349 e. The maximum Gasteiger partial charge on any atom is 0.254 e. The molecule has 0 atom stereocenters. The van der Waals surface area contributed by atoms with Gasteiger partial charge in [0.25, 0.3) is 5.91 Å². The maximum absolute atomic E-state index is 12.3. The number of nitrogens with zero attached hydrogens (tertiary/aromatic N) is 4.